The molecule has 2 rings (SSSR count). The second-order valence-electron chi connectivity index (χ2n) is 3.53. The zero-order chi connectivity index (χ0) is 10.8. The van der Waals surface area contributed by atoms with Crippen LogP contribution in [0.1, 0.15) is 16.6 Å². The standard InChI is InChI=1S/C11H14N2OS/c1-7-13-10(6-15-7)8-4-3-5-9(12)11(8)14-2/h3-6,8,11H,12H2,1-2H3. The second kappa shape index (κ2) is 4.16. The molecule has 0 saturated carbocycles. The van der Waals surface area contributed by atoms with Gasteiger partial charge in [0, 0.05) is 18.2 Å². The fourth-order valence-corrected chi connectivity index (χ4v) is 2.42. The fraction of sp³-hybridized carbons (Fsp3) is 0.364. The largest absolute Gasteiger partial charge is 0.400 e. The highest BCUT2D eigenvalue weighted by Gasteiger charge is 2.26. The molecule has 4 heteroatoms. The molecule has 2 N–H and O–H groups in total. The van der Waals surface area contributed by atoms with Gasteiger partial charge in [-0.3, -0.25) is 0 Å². The summed E-state index contributed by atoms with van der Waals surface area (Å²) >= 11 is 1.65. The van der Waals surface area contributed by atoms with Gasteiger partial charge in [-0.25, -0.2) is 4.98 Å². The van der Waals surface area contributed by atoms with Gasteiger partial charge in [-0.15, -0.1) is 11.3 Å². The Hall–Kier alpha value is -1.13. The van der Waals surface area contributed by atoms with Crippen molar-refractivity contribution < 1.29 is 4.74 Å². The van der Waals surface area contributed by atoms with Crippen molar-refractivity contribution >= 4 is 11.3 Å². The Bertz CT molecular complexity index is 408. The van der Waals surface area contributed by atoms with E-state index in [-0.39, 0.29) is 12.0 Å². The van der Waals surface area contributed by atoms with Crippen LogP contribution in [0.5, 0.6) is 0 Å². The lowest BCUT2D eigenvalue weighted by Gasteiger charge is -2.24. The van der Waals surface area contributed by atoms with Crippen LogP contribution in [-0.4, -0.2) is 18.2 Å². The SMILES string of the molecule is COC1C(N)=CC=CC1c1csc(C)n1. The van der Waals surface area contributed by atoms with Crippen LogP contribution < -0.4 is 5.73 Å². The lowest BCUT2D eigenvalue weighted by molar-refractivity contribution is 0.116. The predicted molar refractivity (Wildman–Crippen MR) is 61.8 cm³/mol. The van der Waals surface area contributed by atoms with E-state index in [0.29, 0.717) is 0 Å². The number of methoxy groups -OCH3 is 1. The Kier molecular flexibility index (Phi) is 2.88. The molecule has 0 saturated heterocycles. The molecule has 2 unspecified atom stereocenters. The van der Waals surface area contributed by atoms with E-state index < -0.39 is 0 Å². The van der Waals surface area contributed by atoms with Crippen LogP contribution in [0.4, 0.5) is 0 Å². The number of thiazole rings is 1. The maximum absolute atomic E-state index is 5.88. The van der Waals surface area contributed by atoms with Crippen LogP contribution in [0.3, 0.4) is 0 Å². The van der Waals surface area contributed by atoms with E-state index in [9.17, 15) is 0 Å². The molecule has 0 fully saturated rings. The van der Waals surface area contributed by atoms with Gasteiger partial charge < -0.3 is 10.5 Å². The van der Waals surface area contributed by atoms with Gasteiger partial charge in [-0.05, 0) is 13.0 Å². The molecule has 0 aliphatic heterocycles. The van der Waals surface area contributed by atoms with E-state index in [2.05, 4.69) is 16.4 Å². The number of hydrogen-bond acceptors (Lipinski definition) is 4. The van der Waals surface area contributed by atoms with Crippen LogP contribution in [0.15, 0.2) is 29.3 Å². The Morgan fingerprint density at radius 3 is 2.93 bits per heavy atom. The van der Waals surface area contributed by atoms with Gasteiger partial charge in [0.2, 0.25) is 0 Å². The summed E-state index contributed by atoms with van der Waals surface area (Å²) in [7, 11) is 1.68. The molecule has 0 radical (unpaired) electrons. The van der Waals surface area contributed by atoms with Gasteiger partial charge in [-0.2, -0.15) is 0 Å². The molecule has 0 spiro atoms. The van der Waals surface area contributed by atoms with Crippen molar-refractivity contribution in [3.05, 3.63) is 40.0 Å². The van der Waals surface area contributed by atoms with Gasteiger partial charge in [-0.1, -0.05) is 12.2 Å². The first kappa shape index (κ1) is 10.4. The third kappa shape index (κ3) is 1.96. The summed E-state index contributed by atoms with van der Waals surface area (Å²) in [5, 5.41) is 3.14. The number of hydrogen-bond donors (Lipinski definition) is 1. The average molecular weight is 222 g/mol. The quantitative estimate of drug-likeness (QED) is 0.832. The van der Waals surface area contributed by atoms with Crippen molar-refractivity contribution in [2.45, 2.75) is 18.9 Å². The fourth-order valence-electron chi connectivity index (χ4n) is 1.76. The molecular formula is C11H14N2OS. The summed E-state index contributed by atoms with van der Waals surface area (Å²) < 4.78 is 5.40. The minimum Gasteiger partial charge on any atom is -0.400 e. The highest BCUT2D eigenvalue weighted by Crippen LogP contribution is 2.29. The molecule has 0 amide bonds. The number of rotatable bonds is 2. The summed E-state index contributed by atoms with van der Waals surface area (Å²) in [6, 6.07) is 0. The predicted octanol–water partition coefficient (Wildman–Crippen LogP) is 1.96. The molecule has 15 heavy (non-hydrogen) atoms. The van der Waals surface area contributed by atoms with Crippen LogP contribution in [0, 0.1) is 6.92 Å². The molecular weight excluding hydrogens is 208 g/mol. The number of aryl methyl sites for hydroxylation is 1. The number of ether oxygens (including phenoxy) is 1. The van der Waals surface area contributed by atoms with Crippen LogP contribution in [-0.2, 0) is 4.74 Å². The molecule has 0 aromatic carbocycles. The number of aromatic nitrogens is 1. The molecule has 80 valence electrons. The summed E-state index contributed by atoms with van der Waals surface area (Å²) in [6.07, 6.45) is 5.84. The maximum atomic E-state index is 5.88. The normalized spacial score (nSPS) is 25.3. The summed E-state index contributed by atoms with van der Waals surface area (Å²) in [5.41, 5.74) is 7.68. The van der Waals surface area contributed by atoms with E-state index >= 15 is 0 Å². The number of allylic oxidation sites excluding steroid dienone is 2. The zero-order valence-corrected chi connectivity index (χ0v) is 9.62. The Morgan fingerprint density at radius 1 is 1.53 bits per heavy atom. The van der Waals surface area contributed by atoms with Crippen molar-refractivity contribution in [2.24, 2.45) is 5.73 Å². The smallest absolute Gasteiger partial charge is 0.108 e. The first-order valence-corrected chi connectivity index (χ1v) is 5.69. The Morgan fingerprint density at radius 2 is 2.33 bits per heavy atom. The van der Waals surface area contributed by atoms with E-state index in [4.69, 9.17) is 10.5 Å². The minimum absolute atomic E-state index is 0.0866. The molecule has 1 heterocycles. The van der Waals surface area contributed by atoms with Crippen molar-refractivity contribution in [2.75, 3.05) is 7.11 Å². The Labute approximate surface area is 93.3 Å². The lowest BCUT2D eigenvalue weighted by atomic mass is 9.92. The molecule has 1 aliphatic rings. The highest BCUT2D eigenvalue weighted by molar-refractivity contribution is 7.09. The minimum atomic E-state index is -0.0866. The molecule has 0 bridgehead atoms. The van der Waals surface area contributed by atoms with Crippen molar-refractivity contribution in [1.29, 1.82) is 0 Å². The van der Waals surface area contributed by atoms with Gasteiger partial charge >= 0.3 is 0 Å². The lowest BCUT2D eigenvalue weighted by Crippen LogP contribution is -2.28. The topological polar surface area (TPSA) is 48.1 Å². The first-order valence-electron chi connectivity index (χ1n) is 4.81. The monoisotopic (exact) mass is 222 g/mol. The zero-order valence-electron chi connectivity index (χ0n) is 8.81. The Balaban J connectivity index is 2.29. The molecule has 3 nitrogen and oxygen atoms in total. The summed E-state index contributed by atoms with van der Waals surface area (Å²) in [6.45, 7) is 2.00. The van der Waals surface area contributed by atoms with Gasteiger partial charge in [0.1, 0.15) is 6.10 Å². The molecule has 1 aliphatic carbocycles. The van der Waals surface area contributed by atoms with E-state index in [1.807, 2.05) is 19.1 Å². The van der Waals surface area contributed by atoms with E-state index in [1.165, 1.54) is 0 Å². The van der Waals surface area contributed by atoms with Crippen LogP contribution >= 0.6 is 11.3 Å². The molecule has 1 aromatic heterocycles. The summed E-state index contributed by atoms with van der Waals surface area (Å²) in [4.78, 5) is 4.47. The molecule has 1 aromatic rings. The maximum Gasteiger partial charge on any atom is 0.108 e. The van der Waals surface area contributed by atoms with E-state index in [1.54, 1.807) is 18.4 Å². The molecule has 2 atom stereocenters. The van der Waals surface area contributed by atoms with Crippen molar-refractivity contribution in [3.8, 4) is 0 Å². The third-order valence-corrected chi connectivity index (χ3v) is 3.29. The second-order valence-corrected chi connectivity index (χ2v) is 4.59. The van der Waals surface area contributed by atoms with Crippen LogP contribution in [0.25, 0.3) is 0 Å². The van der Waals surface area contributed by atoms with Gasteiger partial charge in [0.25, 0.3) is 0 Å². The van der Waals surface area contributed by atoms with Crippen LogP contribution in [0.2, 0.25) is 0 Å². The summed E-state index contributed by atoms with van der Waals surface area (Å²) in [5.74, 6) is 0.143. The van der Waals surface area contributed by atoms with Gasteiger partial charge in [0.05, 0.1) is 16.6 Å². The highest BCUT2D eigenvalue weighted by atomic mass is 32.1. The van der Waals surface area contributed by atoms with Gasteiger partial charge in [0.15, 0.2) is 0 Å². The number of nitrogens with two attached hydrogens (primary N) is 1. The average Bonchev–Trinajstić information content (AvgIpc) is 2.64. The van der Waals surface area contributed by atoms with E-state index in [0.717, 1.165) is 16.4 Å². The van der Waals surface area contributed by atoms with Crippen molar-refractivity contribution in [1.82, 2.24) is 4.98 Å². The third-order valence-electron chi connectivity index (χ3n) is 2.49. The first-order chi connectivity index (χ1) is 7.22. The number of nitrogens with zero attached hydrogens (tertiary/aromatic N) is 1. The van der Waals surface area contributed by atoms with Crippen molar-refractivity contribution in [3.63, 3.8) is 0 Å².